The second-order valence-electron chi connectivity index (χ2n) is 4.63. The highest BCUT2D eigenvalue weighted by Gasteiger charge is 2.14. The smallest absolute Gasteiger partial charge is 0.272 e. The summed E-state index contributed by atoms with van der Waals surface area (Å²) in [4.78, 5) is 9.88. The molecule has 1 aromatic carbocycles. The first kappa shape index (κ1) is 13.7. The summed E-state index contributed by atoms with van der Waals surface area (Å²) >= 11 is 0. The van der Waals surface area contributed by atoms with Gasteiger partial charge < -0.3 is 10.1 Å². The van der Waals surface area contributed by atoms with Crippen LogP contribution in [0, 0.1) is 15.9 Å². The maximum absolute atomic E-state index is 13.6. The average molecular weight is 268 g/mol. The van der Waals surface area contributed by atoms with E-state index < -0.39 is 10.7 Å². The van der Waals surface area contributed by atoms with Gasteiger partial charge in [-0.25, -0.2) is 4.39 Å². The zero-order valence-electron chi connectivity index (χ0n) is 10.6. The van der Waals surface area contributed by atoms with Gasteiger partial charge in [0.25, 0.3) is 5.69 Å². The summed E-state index contributed by atoms with van der Waals surface area (Å²) in [6.45, 7) is 1.40. The van der Waals surface area contributed by atoms with Crippen molar-refractivity contribution in [3.8, 4) is 0 Å². The van der Waals surface area contributed by atoms with E-state index in [1.165, 1.54) is 18.6 Å². The normalized spacial score (nSPS) is 19.1. The molecule has 1 aromatic rings. The van der Waals surface area contributed by atoms with Gasteiger partial charge in [-0.3, -0.25) is 10.1 Å². The van der Waals surface area contributed by atoms with Crippen LogP contribution in [0.25, 0.3) is 0 Å². The molecule has 6 heteroatoms. The van der Waals surface area contributed by atoms with Gasteiger partial charge in [0, 0.05) is 19.2 Å². The molecule has 1 atom stereocenters. The van der Waals surface area contributed by atoms with E-state index in [-0.39, 0.29) is 11.8 Å². The second kappa shape index (κ2) is 6.47. The first-order valence-corrected chi connectivity index (χ1v) is 6.46. The Balaban J connectivity index is 1.83. The van der Waals surface area contributed by atoms with E-state index in [4.69, 9.17) is 4.74 Å². The van der Waals surface area contributed by atoms with E-state index >= 15 is 0 Å². The van der Waals surface area contributed by atoms with Crippen LogP contribution in [0.5, 0.6) is 0 Å². The fraction of sp³-hybridized carbons (Fsp3) is 0.538. The number of non-ortho nitro benzene ring substituents is 1. The molecule has 19 heavy (non-hydrogen) atoms. The number of benzene rings is 1. The summed E-state index contributed by atoms with van der Waals surface area (Å²) in [6.07, 6.45) is 4.39. The summed E-state index contributed by atoms with van der Waals surface area (Å²) in [7, 11) is 0. The summed E-state index contributed by atoms with van der Waals surface area (Å²) in [5.41, 5.74) is 0.0556. The molecule has 0 aliphatic carbocycles. The van der Waals surface area contributed by atoms with E-state index in [2.05, 4.69) is 5.32 Å². The molecular weight excluding hydrogens is 251 g/mol. The maximum atomic E-state index is 13.6. The van der Waals surface area contributed by atoms with Crippen LogP contribution in [0.2, 0.25) is 0 Å². The van der Waals surface area contributed by atoms with E-state index in [9.17, 15) is 14.5 Å². The van der Waals surface area contributed by atoms with Crippen LogP contribution < -0.4 is 5.32 Å². The third-order valence-corrected chi connectivity index (χ3v) is 3.22. The highest BCUT2D eigenvalue weighted by molar-refractivity contribution is 5.50. The van der Waals surface area contributed by atoms with Crippen LogP contribution in [-0.4, -0.2) is 24.2 Å². The van der Waals surface area contributed by atoms with Crippen molar-refractivity contribution >= 4 is 11.4 Å². The van der Waals surface area contributed by atoms with Crippen LogP contribution in [0.3, 0.4) is 0 Å². The molecule has 0 amide bonds. The van der Waals surface area contributed by atoms with Crippen LogP contribution in [0.1, 0.15) is 25.7 Å². The van der Waals surface area contributed by atoms with Crippen LogP contribution in [0.4, 0.5) is 15.8 Å². The Labute approximate surface area is 110 Å². The van der Waals surface area contributed by atoms with Crippen molar-refractivity contribution in [3.63, 3.8) is 0 Å². The third-order valence-electron chi connectivity index (χ3n) is 3.22. The maximum Gasteiger partial charge on any atom is 0.272 e. The average Bonchev–Trinajstić information content (AvgIpc) is 2.41. The summed E-state index contributed by atoms with van der Waals surface area (Å²) in [6, 6.07) is 3.62. The molecule has 1 heterocycles. The van der Waals surface area contributed by atoms with Gasteiger partial charge in [-0.05, 0) is 31.7 Å². The van der Waals surface area contributed by atoms with Crippen LogP contribution >= 0.6 is 0 Å². The van der Waals surface area contributed by atoms with Gasteiger partial charge in [0.1, 0.15) is 0 Å². The Hall–Kier alpha value is -1.69. The largest absolute Gasteiger partial charge is 0.383 e. The number of nitro benzene ring substituents is 1. The standard InChI is InChI=1S/C13H17FN2O3/c14-12-9-10(16(17)18)4-5-13(12)15-7-6-11-3-1-2-8-19-11/h4-5,9,11,15H,1-3,6-8H2. The monoisotopic (exact) mass is 268 g/mol. The third kappa shape index (κ3) is 3.89. The SMILES string of the molecule is O=[N+]([O-])c1ccc(NCCC2CCCCO2)c(F)c1. The van der Waals surface area contributed by atoms with Gasteiger partial charge in [-0.2, -0.15) is 0 Å². The molecule has 0 aromatic heterocycles. The lowest BCUT2D eigenvalue weighted by molar-refractivity contribution is -0.385. The highest BCUT2D eigenvalue weighted by Crippen LogP contribution is 2.21. The topological polar surface area (TPSA) is 64.4 Å². The predicted molar refractivity (Wildman–Crippen MR) is 69.8 cm³/mol. The van der Waals surface area contributed by atoms with E-state index in [1.807, 2.05) is 0 Å². The minimum Gasteiger partial charge on any atom is -0.383 e. The molecule has 1 unspecified atom stereocenters. The number of nitrogens with one attached hydrogen (secondary N) is 1. The van der Waals surface area contributed by atoms with Crippen LogP contribution in [-0.2, 0) is 4.74 Å². The Morgan fingerprint density at radius 1 is 1.47 bits per heavy atom. The van der Waals surface area contributed by atoms with Crippen molar-refractivity contribution in [1.29, 1.82) is 0 Å². The highest BCUT2D eigenvalue weighted by atomic mass is 19.1. The van der Waals surface area contributed by atoms with Crippen molar-refractivity contribution < 1.29 is 14.1 Å². The van der Waals surface area contributed by atoms with Gasteiger partial charge in [-0.1, -0.05) is 0 Å². The Bertz CT molecular complexity index is 448. The zero-order valence-corrected chi connectivity index (χ0v) is 10.6. The molecule has 0 saturated carbocycles. The van der Waals surface area contributed by atoms with Gasteiger partial charge in [0.15, 0.2) is 5.82 Å². The Morgan fingerprint density at radius 3 is 2.95 bits per heavy atom. The molecule has 1 fully saturated rings. The number of nitro groups is 1. The summed E-state index contributed by atoms with van der Waals surface area (Å²) in [5.74, 6) is -0.598. The van der Waals surface area contributed by atoms with Gasteiger partial charge in [0.2, 0.25) is 0 Å². The molecule has 1 saturated heterocycles. The lowest BCUT2D eigenvalue weighted by Crippen LogP contribution is -2.22. The fourth-order valence-electron chi connectivity index (χ4n) is 2.16. The number of hydrogen-bond acceptors (Lipinski definition) is 4. The van der Waals surface area contributed by atoms with Gasteiger partial charge in [-0.15, -0.1) is 0 Å². The van der Waals surface area contributed by atoms with Crippen LogP contribution in [0.15, 0.2) is 18.2 Å². The molecule has 5 nitrogen and oxygen atoms in total. The molecule has 2 rings (SSSR count). The van der Waals surface area contributed by atoms with Crippen molar-refractivity contribution in [3.05, 3.63) is 34.1 Å². The van der Waals surface area contributed by atoms with E-state index in [0.717, 1.165) is 31.9 Å². The number of halogens is 1. The Morgan fingerprint density at radius 2 is 2.32 bits per heavy atom. The molecule has 104 valence electrons. The molecular formula is C13H17FN2O3. The van der Waals surface area contributed by atoms with Gasteiger partial charge >= 0.3 is 0 Å². The lowest BCUT2D eigenvalue weighted by Gasteiger charge is -2.22. The quantitative estimate of drug-likeness (QED) is 0.658. The molecule has 1 aliphatic heterocycles. The minimum atomic E-state index is -0.608. The molecule has 0 radical (unpaired) electrons. The predicted octanol–water partition coefficient (Wildman–Crippen LogP) is 3.11. The van der Waals surface area contributed by atoms with Crippen molar-refractivity contribution in [2.75, 3.05) is 18.5 Å². The molecule has 0 bridgehead atoms. The number of ether oxygens (including phenoxy) is 1. The number of anilines is 1. The van der Waals surface area contributed by atoms with Crippen molar-refractivity contribution in [2.24, 2.45) is 0 Å². The minimum absolute atomic E-state index is 0.237. The fourth-order valence-corrected chi connectivity index (χ4v) is 2.16. The first-order valence-electron chi connectivity index (χ1n) is 6.46. The first-order chi connectivity index (χ1) is 9.16. The summed E-state index contributed by atoms with van der Waals surface area (Å²) < 4.78 is 19.2. The lowest BCUT2D eigenvalue weighted by atomic mass is 10.1. The molecule has 1 aliphatic rings. The second-order valence-corrected chi connectivity index (χ2v) is 4.63. The number of hydrogen-bond donors (Lipinski definition) is 1. The van der Waals surface area contributed by atoms with Crippen molar-refractivity contribution in [1.82, 2.24) is 0 Å². The van der Waals surface area contributed by atoms with E-state index in [1.54, 1.807) is 0 Å². The Kier molecular flexibility index (Phi) is 4.68. The number of nitrogens with zero attached hydrogens (tertiary/aromatic N) is 1. The van der Waals surface area contributed by atoms with Crippen molar-refractivity contribution in [2.45, 2.75) is 31.8 Å². The summed E-state index contributed by atoms with van der Waals surface area (Å²) in [5, 5.41) is 13.4. The molecule has 0 spiro atoms. The van der Waals surface area contributed by atoms with Gasteiger partial charge in [0.05, 0.1) is 22.8 Å². The number of rotatable bonds is 5. The van der Waals surface area contributed by atoms with E-state index in [0.29, 0.717) is 12.2 Å². The zero-order chi connectivity index (χ0) is 13.7. The molecule has 1 N–H and O–H groups in total.